The van der Waals surface area contributed by atoms with Gasteiger partial charge in [0.1, 0.15) is 16.6 Å². The highest BCUT2D eigenvalue weighted by molar-refractivity contribution is 7.89. The first-order valence-corrected chi connectivity index (χ1v) is 11.8. The van der Waals surface area contributed by atoms with Gasteiger partial charge >= 0.3 is 0 Å². The van der Waals surface area contributed by atoms with Crippen molar-refractivity contribution in [1.82, 2.24) is 14.5 Å². The number of hydrogen-bond donors (Lipinski definition) is 1. The number of carbonyl (C=O) groups excluding carboxylic acids is 1. The Hall–Kier alpha value is -2.47. The molecule has 162 valence electrons. The number of anilines is 1. The monoisotopic (exact) mass is 484 g/mol. The van der Waals surface area contributed by atoms with Crippen molar-refractivity contribution in [2.24, 2.45) is 0 Å². The first kappa shape index (κ1) is 21.8. The van der Waals surface area contributed by atoms with E-state index >= 15 is 0 Å². The van der Waals surface area contributed by atoms with Crippen LogP contribution in [0.15, 0.2) is 47.4 Å². The Labute approximate surface area is 185 Å². The van der Waals surface area contributed by atoms with Crippen molar-refractivity contribution in [3.05, 3.63) is 69.1 Å². The molecule has 12 heteroatoms. The summed E-state index contributed by atoms with van der Waals surface area (Å²) in [5, 5.41) is 10.7. The molecule has 0 spiro atoms. The number of halogens is 3. The summed E-state index contributed by atoms with van der Waals surface area (Å²) < 4.78 is 54.3. The van der Waals surface area contributed by atoms with Crippen LogP contribution in [0.1, 0.15) is 33.7 Å². The Bertz CT molecular complexity index is 1250. The van der Waals surface area contributed by atoms with Gasteiger partial charge in [0.15, 0.2) is 0 Å². The molecule has 0 bridgehead atoms. The molecule has 0 unspecified atom stereocenters. The van der Waals surface area contributed by atoms with E-state index in [1.807, 2.05) is 0 Å². The SMILES string of the molecule is O=C(Nc1ccc(F)cc1F)c1nnc([C@H]2CCCN2S(=O)(=O)c2cccc(Cl)c2)s1. The minimum Gasteiger partial charge on any atom is -0.317 e. The van der Waals surface area contributed by atoms with E-state index < -0.39 is 33.6 Å². The van der Waals surface area contributed by atoms with Crippen LogP contribution in [-0.4, -0.2) is 35.4 Å². The van der Waals surface area contributed by atoms with Crippen LogP contribution in [0.5, 0.6) is 0 Å². The molecule has 3 aromatic rings. The first-order chi connectivity index (χ1) is 14.8. The second-order valence-electron chi connectivity index (χ2n) is 6.75. The highest BCUT2D eigenvalue weighted by Gasteiger charge is 2.38. The van der Waals surface area contributed by atoms with E-state index in [-0.39, 0.29) is 15.6 Å². The maximum Gasteiger partial charge on any atom is 0.286 e. The maximum atomic E-state index is 13.8. The molecule has 1 aliphatic heterocycles. The summed E-state index contributed by atoms with van der Waals surface area (Å²) in [6.07, 6.45) is 1.13. The number of benzene rings is 2. The Balaban J connectivity index is 1.56. The van der Waals surface area contributed by atoms with Crippen LogP contribution < -0.4 is 5.32 Å². The van der Waals surface area contributed by atoms with Gasteiger partial charge in [-0.15, -0.1) is 10.2 Å². The summed E-state index contributed by atoms with van der Waals surface area (Å²) in [6, 6.07) is 8.17. The predicted molar refractivity (Wildman–Crippen MR) is 112 cm³/mol. The zero-order valence-electron chi connectivity index (χ0n) is 15.8. The Morgan fingerprint density at radius 1 is 1.19 bits per heavy atom. The number of carbonyl (C=O) groups is 1. The summed E-state index contributed by atoms with van der Waals surface area (Å²) in [5.41, 5.74) is -0.200. The number of aromatic nitrogens is 2. The lowest BCUT2D eigenvalue weighted by molar-refractivity contribution is 0.102. The first-order valence-electron chi connectivity index (χ1n) is 9.13. The third-order valence-corrected chi connectivity index (χ3v) is 7.87. The third-order valence-electron chi connectivity index (χ3n) is 4.71. The molecular weight excluding hydrogens is 470 g/mol. The van der Waals surface area contributed by atoms with E-state index in [2.05, 4.69) is 15.5 Å². The van der Waals surface area contributed by atoms with Crippen LogP contribution in [0.2, 0.25) is 5.02 Å². The zero-order chi connectivity index (χ0) is 22.2. The molecule has 1 saturated heterocycles. The summed E-state index contributed by atoms with van der Waals surface area (Å²) in [7, 11) is -3.83. The van der Waals surface area contributed by atoms with E-state index in [1.54, 1.807) is 12.1 Å². The highest BCUT2D eigenvalue weighted by atomic mass is 35.5. The number of hydrogen-bond acceptors (Lipinski definition) is 6. The van der Waals surface area contributed by atoms with Gasteiger partial charge in [-0.1, -0.05) is 29.0 Å². The van der Waals surface area contributed by atoms with Crippen molar-refractivity contribution in [3.8, 4) is 0 Å². The minimum atomic E-state index is -3.83. The summed E-state index contributed by atoms with van der Waals surface area (Å²) >= 11 is 6.86. The van der Waals surface area contributed by atoms with Gasteiger partial charge in [-0.2, -0.15) is 4.31 Å². The Morgan fingerprint density at radius 3 is 2.74 bits per heavy atom. The van der Waals surface area contributed by atoms with Crippen molar-refractivity contribution in [2.75, 3.05) is 11.9 Å². The largest absolute Gasteiger partial charge is 0.317 e. The number of amides is 1. The van der Waals surface area contributed by atoms with Crippen LogP contribution in [0.25, 0.3) is 0 Å². The molecule has 2 heterocycles. The molecule has 1 atom stereocenters. The van der Waals surface area contributed by atoms with Gasteiger partial charge in [-0.25, -0.2) is 17.2 Å². The topological polar surface area (TPSA) is 92.3 Å². The fourth-order valence-corrected chi connectivity index (χ4v) is 6.18. The number of nitrogens with one attached hydrogen (secondary N) is 1. The third kappa shape index (κ3) is 4.45. The summed E-state index contributed by atoms with van der Waals surface area (Å²) in [4.78, 5) is 12.5. The van der Waals surface area contributed by atoms with Gasteiger partial charge in [0.05, 0.1) is 16.6 Å². The second-order valence-corrected chi connectivity index (χ2v) is 10.1. The van der Waals surface area contributed by atoms with Gasteiger partial charge in [-0.05, 0) is 43.2 Å². The maximum absolute atomic E-state index is 13.8. The van der Waals surface area contributed by atoms with E-state index in [9.17, 15) is 22.0 Å². The van der Waals surface area contributed by atoms with Crippen LogP contribution in [0.4, 0.5) is 14.5 Å². The quantitative estimate of drug-likeness (QED) is 0.584. The van der Waals surface area contributed by atoms with Crippen LogP contribution in [0, 0.1) is 11.6 Å². The van der Waals surface area contributed by atoms with Gasteiger partial charge < -0.3 is 5.32 Å². The fourth-order valence-electron chi connectivity index (χ4n) is 3.27. The van der Waals surface area contributed by atoms with Crippen LogP contribution in [-0.2, 0) is 10.0 Å². The molecule has 1 aromatic heterocycles. The van der Waals surface area contributed by atoms with Crippen molar-refractivity contribution in [3.63, 3.8) is 0 Å². The van der Waals surface area contributed by atoms with Crippen molar-refractivity contribution in [1.29, 1.82) is 0 Å². The lowest BCUT2D eigenvalue weighted by Crippen LogP contribution is -2.30. The molecule has 0 aliphatic carbocycles. The average Bonchev–Trinajstić information content (AvgIpc) is 3.39. The van der Waals surface area contributed by atoms with Gasteiger partial charge in [0.2, 0.25) is 15.0 Å². The molecule has 2 aromatic carbocycles. The number of rotatable bonds is 5. The van der Waals surface area contributed by atoms with E-state index in [0.717, 1.165) is 23.5 Å². The van der Waals surface area contributed by atoms with Crippen LogP contribution in [0.3, 0.4) is 0 Å². The number of nitrogens with zero attached hydrogens (tertiary/aromatic N) is 3. The molecule has 0 saturated carbocycles. The number of sulfonamides is 1. The fraction of sp³-hybridized carbons (Fsp3) is 0.211. The highest BCUT2D eigenvalue weighted by Crippen LogP contribution is 2.38. The molecule has 1 aliphatic rings. The van der Waals surface area contributed by atoms with Crippen LogP contribution >= 0.6 is 22.9 Å². The predicted octanol–water partition coefficient (Wildman–Crippen LogP) is 4.25. The van der Waals surface area contributed by atoms with E-state index in [0.29, 0.717) is 35.5 Å². The lowest BCUT2D eigenvalue weighted by Gasteiger charge is -2.22. The minimum absolute atomic E-state index is 0.0641. The van der Waals surface area contributed by atoms with Crippen molar-refractivity contribution >= 4 is 44.6 Å². The molecule has 4 rings (SSSR count). The standard InChI is InChI=1S/C19H15ClF2N4O3S2/c20-11-3-1-4-13(9-11)31(28,29)26-8-2-5-16(26)18-24-25-19(30-18)17(27)23-15-7-6-12(21)10-14(15)22/h1,3-4,6-7,9-10,16H,2,5,8H2,(H,23,27)/t16-/m1/s1. The van der Waals surface area contributed by atoms with Gasteiger partial charge in [-0.3, -0.25) is 4.79 Å². The molecule has 1 fully saturated rings. The summed E-state index contributed by atoms with van der Waals surface area (Å²) in [6.45, 7) is 0.293. The molecule has 1 N–H and O–H groups in total. The lowest BCUT2D eigenvalue weighted by atomic mass is 10.2. The Kier molecular flexibility index (Phi) is 6.02. The van der Waals surface area contributed by atoms with E-state index in [1.165, 1.54) is 16.4 Å². The Morgan fingerprint density at radius 2 is 2.00 bits per heavy atom. The molecule has 0 radical (unpaired) electrons. The molecule has 31 heavy (non-hydrogen) atoms. The van der Waals surface area contributed by atoms with Crippen molar-refractivity contribution in [2.45, 2.75) is 23.8 Å². The molecule has 7 nitrogen and oxygen atoms in total. The van der Waals surface area contributed by atoms with Crippen molar-refractivity contribution < 1.29 is 22.0 Å². The van der Waals surface area contributed by atoms with Gasteiger partial charge in [0.25, 0.3) is 5.91 Å². The zero-order valence-corrected chi connectivity index (χ0v) is 18.1. The second kappa shape index (κ2) is 8.58. The van der Waals surface area contributed by atoms with Gasteiger partial charge in [0, 0.05) is 17.6 Å². The smallest absolute Gasteiger partial charge is 0.286 e. The molecule has 1 amide bonds. The average molecular weight is 485 g/mol. The summed E-state index contributed by atoms with van der Waals surface area (Å²) in [5.74, 6) is -2.42. The normalized spacial score (nSPS) is 17.1. The van der Waals surface area contributed by atoms with E-state index in [4.69, 9.17) is 11.6 Å². The molecular formula is C19H15ClF2N4O3S2.